The van der Waals surface area contributed by atoms with Crippen molar-refractivity contribution < 1.29 is 9.50 Å². The average molecular weight is 223 g/mol. The maximum absolute atomic E-state index is 13.1. The van der Waals surface area contributed by atoms with E-state index in [1.165, 1.54) is 31.4 Å². The van der Waals surface area contributed by atoms with Crippen LogP contribution in [0, 0.1) is 5.82 Å². The van der Waals surface area contributed by atoms with Crippen LogP contribution in [0.1, 0.15) is 37.9 Å². The van der Waals surface area contributed by atoms with E-state index in [2.05, 4.69) is 4.90 Å². The molecule has 3 heteroatoms. The second-order valence-electron chi connectivity index (χ2n) is 4.57. The summed E-state index contributed by atoms with van der Waals surface area (Å²) < 4.78 is 13.1. The number of hydrogen-bond donors (Lipinski definition) is 1. The van der Waals surface area contributed by atoms with Crippen LogP contribution in [0.3, 0.4) is 0 Å². The van der Waals surface area contributed by atoms with Gasteiger partial charge in [0.05, 0.1) is 6.10 Å². The van der Waals surface area contributed by atoms with Crippen molar-refractivity contribution in [2.45, 2.75) is 38.3 Å². The molecule has 16 heavy (non-hydrogen) atoms. The highest BCUT2D eigenvalue weighted by molar-refractivity contribution is 5.55. The van der Waals surface area contributed by atoms with Crippen LogP contribution >= 0.6 is 0 Å². The molecule has 1 atom stereocenters. The molecule has 2 rings (SSSR count). The largest absolute Gasteiger partial charge is 0.389 e. The first-order chi connectivity index (χ1) is 7.59. The summed E-state index contributed by atoms with van der Waals surface area (Å²) in [6, 6.07) is 5.18. The number of rotatable bonds is 3. The van der Waals surface area contributed by atoms with Gasteiger partial charge in [0.15, 0.2) is 0 Å². The molecule has 0 amide bonds. The second-order valence-corrected chi connectivity index (χ2v) is 4.57. The molecule has 0 radical (unpaired) electrons. The van der Waals surface area contributed by atoms with Crippen LogP contribution in [0.2, 0.25) is 0 Å². The van der Waals surface area contributed by atoms with Gasteiger partial charge in [-0.3, -0.25) is 0 Å². The number of halogens is 1. The predicted molar refractivity (Wildman–Crippen MR) is 63.1 cm³/mol. The first-order valence-electron chi connectivity index (χ1n) is 5.80. The number of nitrogens with zero attached hydrogens (tertiary/aromatic N) is 1. The van der Waals surface area contributed by atoms with Crippen LogP contribution in [0.4, 0.5) is 10.1 Å². The molecule has 0 aromatic heterocycles. The minimum absolute atomic E-state index is 0.290. The predicted octanol–water partition coefficient (Wildman–Crippen LogP) is 2.87. The minimum Gasteiger partial charge on any atom is -0.389 e. The van der Waals surface area contributed by atoms with Gasteiger partial charge in [-0.1, -0.05) is 0 Å². The highest BCUT2D eigenvalue weighted by atomic mass is 19.1. The van der Waals surface area contributed by atoms with Crippen LogP contribution < -0.4 is 4.90 Å². The highest BCUT2D eigenvalue weighted by Crippen LogP contribution is 2.33. The summed E-state index contributed by atoms with van der Waals surface area (Å²) in [5.41, 5.74) is 1.62. The van der Waals surface area contributed by atoms with E-state index in [1.807, 2.05) is 7.05 Å². The zero-order chi connectivity index (χ0) is 11.7. The number of anilines is 1. The smallest absolute Gasteiger partial charge is 0.123 e. The Morgan fingerprint density at radius 2 is 2.12 bits per heavy atom. The molecule has 1 N–H and O–H groups in total. The summed E-state index contributed by atoms with van der Waals surface area (Å²) in [6.07, 6.45) is 3.01. The fourth-order valence-corrected chi connectivity index (χ4v) is 2.15. The van der Waals surface area contributed by atoms with Gasteiger partial charge in [0.25, 0.3) is 0 Å². The van der Waals surface area contributed by atoms with E-state index in [4.69, 9.17) is 0 Å². The molecule has 0 aliphatic heterocycles. The summed E-state index contributed by atoms with van der Waals surface area (Å²) in [5.74, 6) is -0.290. The summed E-state index contributed by atoms with van der Waals surface area (Å²) >= 11 is 0. The fourth-order valence-electron chi connectivity index (χ4n) is 2.15. The third-order valence-corrected chi connectivity index (χ3v) is 3.44. The van der Waals surface area contributed by atoms with Crippen molar-refractivity contribution in [3.05, 3.63) is 29.6 Å². The first-order valence-corrected chi connectivity index (χ1v) is 5.80. The zero-order valence-electron chi connectivity index (χ0n) is 9.78. The fraction of sp³-hybridized carbons (Fsp3) is 0.538. The Kier molecular flexibility index (Phi) is 3.15. The molecular formula is C13H18FNO. The van der Waals surface area contributed by atoms with Crippen LogP contribution in [0.25, 0.3) is 0 Å². The highest BCUT2D eigenvalue weighted by Gasteiger charge is 2.24. The average Bonchev–Trinajstić information content (AvgIpc) is 2.14. The standard InChI is InChI=1S/C13H18FNO/c1-9(16)12-8-10(14)6-7-13(12)15(2)11-4-3-5-11/h6-9,11,16H,3-5H2,1-2H3. The molecular weight excluding hydrogens is 205 g/mol. The van der Waals surface area contributed by atoms with Crippen LogP contribution in [-0.4, -0.2) is 18.2 Å². The number of hydrogen-bond acceptors (Lipinski definition) is 2. The molecule has 0 saturated heterocycles. The molecule has 0 heterocycles. The van der Waals surface area contributed by atoms with Gasteiger partial charge in [0.2, 0.25) is 0 Å². The third-order valence-electron chi connectivity index (χ3n) is 3.44. The summed E-state index contributed by atoms with van der Waals surface area (Å²) in [5, 5.41) is 9.66. The van der Waals surface area contributed by atoms with Gasteiger partial charge in [-0.2, -0.15) is 0 Å². The molecule has 1 aromatic carbocycles. The van der Waals surface area contributed by atoms with E-state index in [-0.39, 0.29) is 5.82 Å². The maximum atomic E-state index is 13.1. The van der Waals surface area contributed by atoms with Crippen LogP contribution in [0.15, 0.2) is 18.2 Å². The van der Waals surface area contributed by atoms with E-state index in [0.717, 1.165) is 5.69 Å². The van der Waals surface area contributed by atoms with Gasteiger partial charge in [-0.25, -0.2) is 4.39 Å². The Hall–Kier alpha value is -1.09. The van der Waals surface area contributed by atoms with Gasteiger partial charge in [-0.05, 0) is 44.4 Å². The molecule has 1 fully saturated rings. The lowest BCUT2D eigenvalue weighted by Crippen LogP contribution is -2.37. The Bertz CT molecular complexity index is 374. The van der Waals surface area contributed by atoms with Gasteiger partial charge >= 0.3 is 0 Å². The molecule has 0 spiro atoms. The van der Waals surface area contributed by atoms with E-state index in [9.17, 15) is 9.50 Å². The topological polar surface area (TPSA) is 23.5 Å². The quantitative estimate of drug-likeness (QED) is 0.851. The van der Waals surface area contributed by atoms with Gasteiger partial charge in [0.1, 0.15) is 5.82 Å². The minimum atomic E-state index is -0.631. The molecule has 1 unspecified atom stereocenters. The Morgan fingerprint density at radius 3 is 2.62 bits per heavy atom. The van der Waals surface area contributed by atoms with Gasteiger partial charge in [-0.15, -0.1) is 0 Å². The number of aliphatic hydroxyl groups is 1. The number of aliphatic hydroxyl groups excluding tert-OH is 1. The van der Waals surface area contributed by atoms with Gasteiger partial charge < -0.3 is 10.0 Å². The normalized spacial score (nSPS) is 18.0. The molecule has 88 valence electrons. The Morgan fingerprint density at radius 1 is 1.44 bits per heavy atom. The van der Waals surface area contributed by atoms with E-state index < -0.39 is 6.10 Å². The second kappa shape index (κ2) is 4.42. The van der Waals surface area contributed by atoms with Crippen LogP contribution in [0.5, 0.6) is 0 Å². The third kappa shape index (κ3) is 2.05. The molecule has 1 aromatic rings. The van der Waals surface area contributed by atoms with Crippen molar-refractivity contribution >= 4 is 5.69 Å². The lowest BCUT2D eigenvalue weighted by molar-refractivity contribution is 0.199. The molecule has 1 aliphatic carbocycles. The van der Waals surface area contributed by atoms with Crippen LogP contribution in [-0.2, 0) is 0 Å². The van der Waals surface area contributed by atoms with E-state index in [1.54, 1.807) is 13.0 Å². The van der Waals surface area contributed by atoms with Crippen molar-refractivity contribution in [1.29, 1.82) is 0 Å². The van der Waals surface area contributed by atoms with Crippen molar-refractivity contribution in [2.24, 2.45) is 0 Å². The molecule has 1 saturated carbocycles. The van der Waals surface area contributed by atoms with Crippen molar-refractivity contribution in [2.75, 3.05) is 11.9 Å². The van der Waals surface area contributed by atoms with E-state index >= 15 is 0 Å². The monoisotopic (exact) mass is 223 g/mol. The lowest BCUT2D eigenvalue weighted by Gasteiger charge is -2.37. The lowest BCUT2D eigenvalue weighted by atomic mass is 9.91. The Labute approximate surface area is 95.7 Å². The number of benzene rings is 1. The summed E-state index contributed by atoms with van der Waals surface area (Å²) in [7, 11) is 2.02. The zero-order valence-corrected chi connectivity index (χ0v) is 9.78. The molecule has 2 nitrogen and oxygen atoms in total. The van der Waals surface area contributed by atoms with E-state index in [0.29, 0.717) is 11.6 Å². The first kappa shape index (κ1) is 11.4. The summed E-state index contributed by atoms with van der Waals surface area (Å²) in [6.45, 7) is 1.67. The molecule has 0 bridgehead atoms. The van der Waals surface area contributed by atoms with Crippen molar-refractivity contribution in [3.63, 3.8) is 0 Å². The molecule has 1 aliphatic rings. The van der Waals surface area contributed by atoms with Crippen molar-refractivity contribution in [1.82, 2.24) is 0 Å². The van der Waals surface area contributed by atoms with Crippen molar-refractivity contribution in [3.8, 4) is 0 Å². The van der Waals surface area contributed by atoms with Gasteiger partial charge in [0, 0.05) is 24.3 Å². The summed E-state index contributed by atoms with van der Waals surface area (Å²) in [4.78, 5) is 2.16. The maximum Gasteiger partial charge on any atom is 0.123 e. The SMILES string of the molecule is CC(O)c1cc(F)ccc1N(C)C1CCC1. The Balaban J connectivity index is 2.30.